The highest BCUT2D eigenvalue weighted by molar-refractivity contribution is 6.05. The van der Waals surface area contributed by atoms with Crippen LogP contribution in [0.2, 0.25) is 0 Å². The number of benzene rings is 2. The van der Waals surface area contributed by atoms with Crippen LogP contribution in [-0.2, 0) is 14.1 Å². The molecule has 2 aromatic carbocycles. The number of nitrogens with zero attached hydrogens (tertiary/aromatic N) is 2. The molecule has 0 aliphatic rings. The van der Waals surface area contributed by atoms with Crippen molar-refractivity contribution >= 4 is 28.9 Å². The van der Waals surface area contributed by atoms with E-state index in [-0.39, 0.29) is 11.8 Å². The van der Waals surface area contributed by atoms with Crippen molar-refractivity contribution in [3.8, 4) is 11.1 Å². The monoisotopic (exact) mass is 413 g/mol. The molecule has 0 unspecified atom stereocenters. The zero-order valence-electron chi connectivity index (χ0n) is 17.3. The second-order valence-electron chi connectivity index (χ2n) is 7.35. The van der Waals surface area contributed by atoms with Crippen LogP contribution in [0.5, 0.6) is 0 Å². The number of nitrogen functional groups attached to an aromatic ring is 1. The standard InChI is InChI=1S/C24H23N5O2/c1-28-14-17(12-21(28)23(30)26-19-6-4-3-5-7-19)16-8-10-20(11-9-16)27-24(31)22-13-18(25)15-29(22)2/h3-15H,25H2,1-2H3,(H,26,30)(H,27,31). The van der Waals surface area contributed by atoms with Crippen molar-refractivity contribution < 1.29 is 9.59 Å². The number of hydrogen-bond acceptors (Lipinski definition) is 3. The summed E-state index contributed by atoms with van der Waals surface area (Å²) in [5.74, 6) is -0.405. The van der Waals surface area contributed by atoms with Gasteiger partial charge in [0, 0.05) is 43.4 Å². The molecule has 4 N–H and O–H groups in total. The quantitative estimate of drug-likeness (QED) is 0.459. The first-order valence-corrected chi connectivity index (χ1v) is 9.77. The van der Waals surface area contributed by atoms with Crippen LogP contribution in [-0.4, -0.2) is 20.9 Å². The summed E-state index contributed by atoms with van der Waals surface area (Å²) in [5, 5.41) is 5.77. The summed E-state index contributed by atoms with van der Waals surface area (Å²) in [6.07, 6.45) is 3.60. The van der Waals surface area contributed by atoms with Gasteiger partial charge in [-0.05, 0) is 42.0 Å². The highest BCUT2D eigenvalue weighted by atomic mass is 16.2. The Morgan fingerprint density at radius 2 is 1.26 bits per heavy atom. The number of aromatic nitrogens is 2. The number of hydrogen-bond donors (Lipinski definition) is 3. The van der Waals surface area contributed by atoms with Gasteiger partial charge < -0.3 is 25.5 Å². The van der Waals surface area contributed by atoms with Gasteiger partial charge in [-0.15, -0.1) is 0 Å². The van der Waals surface area contributed by atoms with E-state index >= 15 is 0 Å². The van der Waals surface area contributed by atoms with Crippen molar-refractivity contribution in [1.29, 1.82) is 0 Å². The minimum atomic E-state index is -0.230. The number of rotatable bonds is 5. The Balaban J connectivity index is 1.48. The van der Waals surface area contributed by atoms with Crippen LogP contribution in [0.4, 0.5) is 17.1 Å². The lowest BCUT2D eigenvalue weighted by molar-refractivity contribution is 0.101. The SMILES string of the molecule is Cn1cc(N)cc1C(=O)Nc1ccc(-c2cc(C(=O)Nc3ccccc3)n(C)c2)cc1. The van der Waals surface area contributed by atoms with Gasteiger partial charge in [0.15, 0.2) is 0 Å². The van der Waals surface area contributed by atoms with Crippen LogP contribution in [0.25, 0.3) is 11.1 Å². The second kappa shape index (κ2) is 8.23. The third-order valence-electron chi connectivity index (χ3n) is 5.00. The van der Waals surface area contributed by atoms with Gasteiger partial charge in [-0.3, -0.25) is 9.59 Å². The van der Waals surface area contributed by atoms with Gasteiger partial charge in [-0.1, -0.05) is 30.3 Å². The molecular formula is C24H23N5O2. The lowest BCUT2D eigenvalue weighted by Crippen LogP contribution is -2.15. The third-order valence-corrected chi connectivity index (χ3v) is 5.00. The molecule has 7 nitrogen and oxygen atoms in total. The van der Waals surface area contributed by atoms with Gasteiger partial charge in [0.05, 0.1) is 5.69 Å². The minimum absolute atomic E-state index is 0.175. The maximum absolute atomic E-state index is 12.6. The zero-order valence-corrected chi connectivity index (χ0v) is 17.3. The molecule has 0 aliphatic heterocycles. The van der Waals surface area contributed by atoms with Crippen molar-refractivity contribution in [3.63, 3.8) is 0 Å². The van der Waals surface area contributed by atoms with Crippen molar-refractivity contribution in [2.75, 3.05) is 16.4 Å². The number of anilines is 3. The summed E-state index contributed by atoms with van der Waals surface area (Å²) >= 11 is 0. The molecule has 0 radical (unpaired) electrons. The molecule has 2 aromatic heterocycles. The molecule has 31 heavy (non-hydrogen) atoms. The zero-order chi connectivity index (χ0) is 22.0. The molecule has 2 heterocycles. The summed E-state index contributed by atoms with van der Waals surface area (Å²) in [6, 6.07) is 20.3. The van der Waals surface area contributed by atoms with Gasteiger partial charge in [0.1, 0.15) is 11.4 Å². The molecule has 0 saturated heterocycles. The van der Waals surface area contributed by atoms with Crippen LogP contribution in [0, 0.1) is 0 Å². The van der Waals surface area contributed by atoms with Gasteiger partial charge in [-0.25, -0.2) is 0 Å². The van der Waals surface area contributed by atoms with Crippen molar-refractivity contribution in [2.45, 2.75) is 0 Å². The van der Waals surface area contributed by atoms with Crippen molar-refractivity contribution in [3.05, 3.63) is 90.5 Å². The average Bonchev–Trinajstić information content (AvgIpc) is 3.31. The van der Waals surface area contributed by atoms with E-state index in [2.05, 4.69) is 10.6 Å². The molecule has 4 aromatic rings. The highest BCUT2D eigenvalue weighted by Crippen LogP contribution is 2.24. The Bertz CT molecular complexity index is 1240. The van der Waals surface area contributed by atoms with Crippen molar-refractivity contribution in [1.82, 2.24) is 9.13 Å². The smallest absolute Gasteiger partial charge is 0.272 e. The second-order valence-corrected chi connectivity index (χ2v) is 7.35. The molecule has 0 aliphatic carbocycles. The molecule has 4 rings (SSSR count). The molecule has 0 fully saturated rings. The molecule has 156 valence electrons. The number of nitrogens with two attached hydrogens (primary N) is 1. The van der Waals surface area contributed by atoms with Crippen LogP contribution < -0.4 is 16.4 Å². The first kappa shape index (κ1) is 20.0. The van der Waals surface area contributed by atoms with E-state index in [0.717, 1.165) is 16.8 Å². The van der Waals surface area contributed by atoms with Crippen LogP contribution in [0.15, 0.2) is 79.1 Å². The van der Waals surface area contributed by atoms with Crippen LogP contribution in [0.1, 0.15) is 21.0 Å². The summed E-state index contributed by atoms with van der Waals surface area (Å²) in [7, 11) is 3.61. The predicted molar refractivity (Wildman–Crippen MR) is 123 cm³/mol. The highest BCUT2D eigenvalue weighted by Gasteiger charge is 2.14. The largest absolute Gasteiger partial charge is 0.397 e. The fourth-order valence-electron chi connectivity index (χ4n) is 3.42. The number of amides is 2. The third kappa shape index (κ3) is 4.35. The Morgan fingerprint density at radius 3 is 1.84 bits per heavy atom. The van der Waals surface area contributed by atoms with Crippen molar-refractivity contribution in [2.24, 2.45) is 14.1 Å². The Labute approximate surface area is 180 Å². The molecule has 2 amide bonds. The summed E-state index contributed by atoms with van der Waals surface area (Å²) in [5.41, 5.74) is 10.6. The number of aryl methyl sites for hydroxylation is 2. The average molecular weight is 413 g/mol. The summed E-state index contributed by atoms with van der Waals surface area (Å²) in [4.78, 5) is 25.1. The van der Waals surface area contributed by atoms with Gasteiger partial charge in [0.2, 0.25) is 0 Å². The minimum Gasteiger partial charge on any atom is -0.397 e. The maximum Gasteiger partial charge on any atom is 0.272 e. The Kier molecular flexibility index (Phi) is 5.32. The first-order chi connectivity index (χ1) is 14.9. The maximum atomic E-state index is 12.6. The number of nitrogens with one attached hydrogen (secondary N) is 2. The fourth-order valence-corrected chi connectivity index (χ4v) is 3.42. The number of carbonyl (C=O) groups excluding carboxylic acids is 2. The van der Waals surface area contributed by atoms with Crippen LogP contribution in [0.3, 0.4) is 0 Å². The van der Waals surface area contributed by atoms with E-state index < -0.39 is 0 Å². The molecular weight excluding hydrogens is 390 g/mol. The normalized spacial score (nSPS) is 10.6. The van der Waals surface area contributed by atoms with Crippen LogP contribution >= 0.6 is 0 Å². The Hall–Kier alpha value is -4.26. The summed E-state index contributed by atoms with van der Waals surface area (Å²) in [6.45, 7) is 0. The van der Waals surface area contributed by atoms with E-state index in [1.165, 1.54) is 0 Å². The summed E-state index contributed by atoms with van der Waals surface area (Å²) < 4.78 is 3.48. The Morgan fingerprint density at radius 1 is 0.710 bits per heavy atom. The number of para-hydroxylation sites is 1. The van der Waals surface area contributed by atoms with Gasteiger partial charge in [-0.2, -0.15) is 0 Å². The number of carbonyl (C=O) groups is 2. The molecule has 0 bridgehead atoms. The fraction of sp³-hybridized carbons (Fsp3) is 0.0833. The lowest BCUT2D eigenvalue weighted by Gasteiger charge is -2.07. The molecule has 7 heteroatoms. The lowest BCUT2D eigenvalue weighted by atomic mass is 10.1. The predicted octanol–water partition coefficient (Wildman–Crippen LogP) is 4.12. The van der Waals surface area contributed by atoms with E-state index in [0.29, 0.717) is 22.8 Å². The van der Waals surface area contributed by atoms with E-state index in [4.69, 9.17) is 5.73 Å². The van der Waals surface area contributed by atoms with E-state index in [1.54, 1.807) is 28.4 Å². The first-order valence-electron chi connectivity index (χ1n) is 9.77. The van der Waals surface area contributed by atoms with E-state index in [9.17, 15) is 9.59 Å². The van der Waals surface area contributed by atoms with E-state index in [1.807, 2.05) is 73.9 Å². The topological polar surface area (TPSA) is 94.1 Å². The molecule has 0 spiro atoms. The van der Waals surface area contributed by atoms with Gasteiger partial charge in [0.25, 0.3) is 11.8 Å². The van der Waals surface area contributed by atoms with Gasteiger partial charge >= 0.3 is 0 Å². The molecule has 0 saturated carbocycles. The molecule has 0 atom stereocenters.